The van der Waals surface area contributed by atoms with Crippen molar-refractivity contribution in [1.82, 2.24) is 5.32 Å². The summed E-state index contributed by atoms with van der Waals surface area (Å²) < 4.78 is 1.11. The zero-order valence-corrected chi connectivity index (χ0v) is 14.6. The average molecular weight is 356 g/mol. The summed E-state index contributed by atoms with van der Waals surface area (Å²) in [6.45, 7) is 2.80. The summed E-state index contributed by atoms with van der Waals surface area (Å²) in [5, 5.41) is 3.13. The topological polar surface area (TPSA) is 29.1 Å². The summed E-state index contributed by atoms with van der Waals surface area (Å²) in [4.78, 5) is 12.3. The molecule has 1 saturated carbocycles. The van der Waals surface area contributed by atoms with E-state index in [4.69, 9.17) is 0 Å². The zero-order valence-electron chi connectivity index (χ0n) is 12.2. The molecule has 20 heavy (non-hydrogen) atoms. The largest absolute Gasteiger partial charge is 0.351 e. The van der Waals surface area contributed by atoms with E-state index < -0.39 is 0 Å². The predicted octanol–water partition coefficient (Wildman–Crippen LogP) is 4.55. The maximum absolute atomic E-state index is 12.3. The second-order valence-corrected chi connectivity index (χ2v) is 7.74. The molecule has 1 aliphatic carbocycles. The summed E-state index contributed by atoms with van der Waals surface area (Å²) in [5.74, 6) is 0.0240. The fourth-order valence-corrected chi connectivity index (χ4v) is 4.38. The van der Waals surface area contributed by atoms with Gasteiger partial charge in [0.2, 0.25) is 0 Å². The molecule has 110 valence electrons. The number of rotatable bonds is 4. The van der Waals surface area contributed by atoms with Gasteiger partial charge < -0.3 is 5.32 Å². The maximum Gasteiger partial charge on any atom is 0.252 e. The predicted molar refractivity (Wildman–Crippen MR) is 90.5 cm³/mol. The molecule has 0 aliphatic heterocycles. The molecule has 0 unspecified atom stereocenters. The van der Waals surface area contributed by atoms with Crippen LogP contribution in [0.4, 0.5) is 0 Å². The van der Waals surface area contributed by atoms with Crippen molar-refractivity contribution in [2.75, 3.05) is 12.8 Å². The number of thioether (sulfide) groups is 1. The number of halogens is 1. The lowest BCUT2D eigenvalue weighted by molar-refractivity contribution is 0.0946. The van der Waals surface area contributed by atoms with E-state index in [-0.39, 0.29) is 10.7 Å². The smallest absolute Gasteiger partial charge is 0.252 e. The third kappa shape index (κ3) is 3.79. The minimum Gasteiger partial charge on any atom is -0.351 e. The number of hydrogen-bond donors (Lipinski definition) is 1. The summed E-state index contributed by atoms with van der Waals surface area (Å²) in [6.07, 6.45) is 8.49. The highest BCUT2D eigenvalue weighted by molar-refractivity contribution is 9.10. The molecule has 2 rings (SSSR count). The van der Waals surface area contributed by atoms with E-state index in [0.29, 0.717) is 0 Å². The van der Waals surface area contributed by atoms with Crippen molar-refractivity contribution < 1.29 is 4.79 Å². The number of aryl methyl sites for hydroxylation is 1. The molecule has 1 N–H and O–H groups in total. The molecule has 0 radical (unpaired) electrons. The van der Waals surface area contributed by atoms with Crippen LogP contribution in [0, 0.1) is 6.92 Å². The summed E-state index contributed by atoms with van der Waals surface area (Å²) in [6, 6.07) is 5.85. The van der Waals surface area contributed by atoms with Crippen molar-refractivity contribution in [2.24, 2.45) is 0 Å². The van der Waals surface area contributed by atoms with E-state index in [2.05, 4.69) is 27.5 Å². The lowest BCUT2D eigenvalue weighted by atomic mass is 9.88. The van der Waals surface area contributed by atoms with Gasteiger partial charge in [-0.05, 0) is 59.6 Å². The van der Waals surface area contributed by atoms with Crippen molar-refractivity contribution in [2.45, 2.75) is 43.8 Å². The molecule has 2 nitrogen and oxygen atoms in total. The van der Waals surface area contributed by atoms with Gasteiger partial charge in [0.1, 0.15) is 0 Å². The number of carbonyl (C=O) groups excluding carboxylic acids is 1. The summed E-state index contributed by atoms with van der Waals surface area (Å²) >= 11 is 5.39. The van der Waals surface area contributed by atoms with Gasteiger partial charge in [-0.25, -0.2) is 0 Å². The van der Waals surface area contributed by atoms with Crippen LogP contribution in [0.15, 0.2) is 22.7 Å². The molecule has 0 heterocycles. The van der Waals surface area contributed by atoms with Crippen LogP contribution in [0.2, 0.25) is 0 Å². The van der Waals surface area contributed by atoms with Gasteiger partial charge in [0.25, 0.3) is 5.91 Å². The normalized spacial score (nSPS) is 17.8. The lowest BCUT2D eigenvalue weighted by Crippen LogP contribution is -2.41. The van der Waals surface area contributed by atoms with Gasteiger partial charge in [-0.15, -0.1) is 0 Å². The van der Waals surface area contributed by atoms with E-state index in [9.17, 15) is 4.79 Å². The number of benzene rings is 1. The fourth-order valence-electron chi connectivity index (χ4n) is 2.79. The molecule has 4 heteroatoms. The van der Waals surface area contributed by atoms with E-state index in [1.54, 1.807) is 0 Å². The fraction of sp³-hybridized carbons (Fsp3) is 0.562. The van der Waals surface area contributed by atoms with Gasteiger partial charge in [-0.2, -0.15) is 11.8 Å². The molecule has 0 atom stereocenters. The Balaban J connectivity index is 2.00. The molecule has 1 aromatic carbocycles. The average Bonchev–Trinajstić information content (AvgIpc) is 2.46. The number of carbonyl (C=O) groups is 1. The van der Waals surface area contributed by atoms with Crippen molar-refractivity contribution in [1.29, 1.82) is 0 Å². The monoisotopic (exact) mass is 355 g/mol. The van der Waals surface area contributed by atoms with Gasteiger partial charge in [-0.1, -0.05) is 25.3 Å². The van der Waals surface area contributed by atoms with E-state index in [1.807, 2.05) is 36.9 Å². The molecule has 0 aromatic heterocycles. The van der Waals surface area contributed by atoms with Crippen LogP contribution in [0.5, 0.6) is 0 Å². The molecule has 1 fully saturated rings. The van der Waals surface area contributed by atoms with Crippen molar-refractivity contribution in [3.8, 4) is 0 Å². The first-order valence-electron chi connectivity index (χ1n) is 7.16. The minimum absolute atomic E-state index is 0.0240. The first kappa shape index (κ1) is 15.9. The Labute approximate surface area is 134 Å². The van der Waals surface area contributed by atoms with Crippen LogP contribution in [0.25, 0.3) is 0 Å². The molecule has 1 aliphatic rings. The van der Waals surface area contributed by atoms with Gasteiger partial charge in [0, 0.05) is 15.8 Å². The molecule has 1 aromatic rings. The van der Waals surface area contributed by atoms with Gasteiger partial charge in [0.05, 0.1) is 5.56 Å². The van der Waals surface area contributed by atoms with Crippen molar-refractivity contribution >= 4 is 33.6 Å². The van der Waals surface area contributed by atoms with Crippen LogP contribution in [-0.2, 0) is 0 Å². The third-order valence-electron chi connectivity index (χ3n) is 4.14. The van der Waals surface area contributed by atoms with Crippen LogP contribution >= 0.6 is 27.7 Å². The SMILES string of the molecule is CSC1(CNC(=O)c2ccc(C)cc2Br)CCCCC1. The molecule has 0 bridgehead atoms. The summed E-state index contributed by atoms with van der Waals surface area (Å²) in [5.41, 5.74) is 1.88. The van der Waals surface area contributed by atoms with Crippen molar-refractivity contribution in [3.05, 3.63) is 33.8 Å². The highest BCUT2D eigenvalue weighted by Gasteiger charge is 2.31. The Morgan fingerprint density at radius 2 is 2.05 bits per heavy atom. The second kappa shape index (κ2) is 6.99. The van der Waals surface area contributed by atoms with Crippen LogP contribution in [-0.4, -0.2) is 23.5 Å². The Hall–Kier alpha value is -0.480. The Kier molecular flexibility index (Phi) is 5.56. The number of amides is 1. The first-order valence-corrected chi connectivity index (χ1v) is 9.18. The van der Waals surface area contributed by atoms with Crippen molar-refractivity contribution in [3.63, 3.8) is 0 Å². The first-order chi connectivity index (χ1) is 9.56. The Bertz CT molecular complexity index is 483. The summed E-state index contributed by atoms with van der Waals surface area (Å²) in [7, 11) is 0. The zero-order chi connectivity index (χ0) is 14.6. The van der Waals surface area contributed by atoms with Crippen LogP contribution in [0.1, 0.15) is 48.0 Å². The lowest BCUT2D eigenvalue weighted by Gasteiger charge is -2.35. The van der Waals surface area contributed by atoms with Crippen LogP contribution in [0.3, 0.4) is 0 Å². The minimum atomic E-state index is 0.0240. The van der Waals surface area contributed by atoms with Crippen LogP contribution < -0.4 is 5.32 Å². The van der Waals surface area contributed by atoms with E-state index in [0.717, 1.165) is 22.1 Å². The third-order valence-corrected chi connectivity index (χ3v) is 6.21. The van der Waals surface area contributed by atoms with E-state index >= 15 is 0 Å². The highest BCUT2D eigenvalue weighted by Crippen LogP contribution is 2.38. The van der Waals surface area contributed by atoms with Gasteiger partial charge in [-0.3, -0.25) is 4.79 Å². The Morgan fingerprint density at radius 3 is 2.65 bits per heavy atom. The number of nitrogens with one attached hydrogen (secondary N) is 1. The molecule has 0 spiro atoms. The molecule has 1 amide bonds. The van der Waals surface area contributed by atoms with E-state index in [1.165, 1.54) is 32.1 Å². The number of hydrogen-bond acceptors (Lipinski definition) is 2. The van der Waals surface area contributed by atoms with Gasteiger partial charge in [0.15, 0.2) is 0 Å². The highest BCUT2D eigenvalue weighted by atomic mass is 79.9. The standard InChI is InChI=1S/C16H22BrNOS/c1-12-6-7-13(14(17)10-12)15(19)18-11-16(20-2)8-4-3-5-9-16/h6-7,10H,3-5,8-9,11H2,1-2H3,(H,18,19). The molecule has 0 saturated heterocycles. The molecular weight excluding hydrogens is 334 g/mol. The maximum atomic E-state index is 12.3. The molecular formula is C16H22BrNOS. The second-order valence-electron chi connectivity index (χ2n) is 5.61. The quantitative estimate of drug-likeness (QED) is 0.857. The Morgan fingerprint density at radius 1 is 1.35 bits per heavy atom. The van der Waals surface area contributed by atoms with Gasteiger partial charge >= 0.3 is 0 Å².